The molecule has 0 spiro atoms. The van der Waals surface area contributed by atoms with Crippen LogP contribution in [0.4, 0.5) is 9.59 Å². The van der Waals surface area contributed by atoms with E-state index < -0.39 is 30.1 Å². The van der Waals surface area contributed by atoms with Gasteiger partial charge in [0.05, 0.1) is 5.92 Å². The van der Waals surface area contributed by atoms with Gasteiger partial charge in [0, 0.05) is 6.54 Å². The number of hydrogen-bond acceptors (Lipinski definition) is 7. The second-order valence-electron chi connectivity index (χ2n) is 7.68. The largest absolute Gasteiger partial charge is 0.480 e. The lowest BCUT2D eigenvalue weighted by molar-refractivity contribution is -0.153. The van der Waals surface area contributed by atoms with Crippen LogP contribution in [0.5, 0.6) is 0 Å². The van der Waals surface area contributed by atoms with E-state index in [1.807, 2.05) is 36.4 Å². The quantitative estimate of drug-likeness (QED) is 0.185. The number of nitrogens with zero attached hydrogens (tertiary/aromatic N) is 1. The smallest absolute Gasteiger partial charge is 0.414 e. The number of aliphatic carboxylic acids is 1. The van der Waals surface area contributed by atoms with Crippen LogP contribution >= 0.6 is 0 Å². The van der Waals surface area contributed by atoms with Crippen molar-refractivity contribution in [1.29, 1.82) is 0 Å². The van der Waals surface area contributed by atoms with Crippen molar-refractivity contribution in [3.05, 3.63) is 71.8 Å². The summed E-state index contributed by atoms with van der Waals surface area (Å²) in [5.74, 6) is -2.25. The van der Waals surface area contributed by atoms with Crippen molar-refractivity contribution < 1.29 is 33.8 Å². The SMILES string of the molecule is O=C(NC(=NCCC[C@H]1C(=O)NC1C(=O)O)NC(=O)OCc1ccccc1)OCc1ccccc1. The zero-order chi connectivity index (χ0) is 25.0. The maximum atomic E-state index is 12.2. The number of rotatable bonds is 9. The number of hydrogen-bond donors (Lipinski definition) is 4. The Hall–Kier alpha value is -4.41. The molecule has 1 saturated heterocycles. The van der Waals surface area contributed by atoms with Gasteiger partial charge in [0.25, 0.3) is 0 Å². The summed E-state index contributed by atoms with van der Waals surface area (Å²) in [6.45, 7) is 0.154. The fourth-order valence-electron chi connectivity index (χ4n) is 3.27. The highest BCUT2D eigenvalue weighted by atomic mass is 16.6. The lowest BCUT2D eigenvalue weighted by Crippen LogP contribution is -2.61. The summed E-state index contributed by atoms with van der Waals surface area (Å²) in [6, 6.07) is 17.2. The van der Waals surface area contributed by atoms with Crippen molar-refractivity contribution in [2.24, 2.45) is 10.9 Å². The molecular formula is C24H26N4O7. The highest BCUT2D eigenvalue weighted by Crippen LogP contribution is 2.20. The molecule has 0 saturated carbocycles. The molecule has 0 bridgehead atoms. The Kier molecular flexibility index (Phi) is 9.17. The number of benzene rings is 2. The Bertz CT molecular complexity index is 1000. The molecule has 2 aromatic rings. The van der Waals surface area contributed by atoms with Gasteiger partial charge in [-0.25, -0.2) is 14.4 Å². The van der Waals surface area contributed by atoms with Gasteiger partial charge in [0.1, 0.15) is 19.3 Å². The van der Waals surface area contributed by atoms with Gasteiger partial charge in [0.15, 0.2) is 0 Å². The fraction of sp³-hybridized carbons (Fsp3) is 0.292. The molecule has 11 nitrogen and oxygen atoms in total. The number of carbonyl (C=O) groups is 4. The fourth-order valence-corrected chi connectivity index (χ4v) is 3.27. The number of carboxylic acid groups (broad SMARTS) is 1. The number of ether oxygens (including phenoxy) is 2. The first-order valence-electron chi connectivity index (χ1n) is 11.0. The van der Waals surface area contributed by atoms with Gasteiger partial charge < -0.3 is 19.9 Å². The standard InChI is InChI=1S/C24H26N4O7/c29-20-18(19(26-20)21(30)31)12-7-13-25-22(27-23(32)34-14-16-8-3-1-4-9-16)28-24(33)35-15-17-10-5-2-6-11-17/h1-6,8-11,18-19H,7,12-15H2,(H,26,29)(H,30,31)(H2,25,27,28,32,33)/t18-,19?/m1/s1. The molecule has 1 aliphatic heterocycles. The van der Waals surface area contributed by atoms with Gasteiger partial charge in [-0.15, -0.1) is 0 Å². The van der Waals surface area contributed by atoms with Gasteiger partial charge >= 0.3 is 18.2 Å². The van der Waals surface area contributed by atoms with Gasteiger partial charge in [-0.1, -0.05) is 60.7 Å². The van der Waals surface area contributed by atoms with Crippen molar-refractivity contribution in [1.82, 2.24) is 16.0 Å². The minimum atomic E-state index is -1.09. The topological polar surface area (TPSA) is 155 Å². The van der Waals surface area contributed by atoms with E-state index in [0.29, 0.717) is 6.42 Å². The highest BCUT2D eigenvalue weighted by molar-refractivity contribution is 6.01. The Morgan fingerprint density at radius 2 is 1.40 bits per heavy atom. The maximum absolute atomic E-state index is 12.2. The molecule has 1 fully saturated rings. The molecule has 184 valence electrons. The number of carbonyl (C=O) groups excluding carboxylic acids is 3. The van der Waals surface area contributed by atoms with Crippen molar-refractivity contribution in [2.45, 2.75) is 32.1 Å². The predicted octanol–water partition coefficient (Wildman–Crippen LogP) is 2.17. The molecule has 2 atom stereocenters. The third kappa shape index (κ3) is 8.14. The van der Waals surface area contributed by atoms with E-state index in [9.17, 15) is 19.2 Å². The summed E-state index contributed by atoms with van der Waals surface area (Å²) in [5.41, 5.74) is 1.56. The van der Waals surface area contributed by atoms with Crippen LogP contribution < -0.4 is 16.0 Å². The molecule has 3 rings (SSSR count). The summed E-state index contributed by atoms with van der Waals surface area (Å²) in [6.07, 6.45) is -1.02. The second-order valence-corrected chi connectivity index (χ2v) is 7.68. The number of β-lactam (4-membered cyclic amide) rings is 1. The lowest BCUT2D eigenvalue weighted by atomic mass is 9.86. The molecule has 4 N–H and O–H groups in total. The monoisotopic (exact) mass is 482 g/mol. The van der Waals surface area contributed by atoms with E-state index in [1.54, 1.807) is 24.3 Å². The molecule has 0 aromatic heterocycles. The summed E-state index contributed by atoms with van der Waals surface area (Å²) >= 11 is 0. The van der Waals surface area contributed by atoms with Crippen molar-refractivity contribution >= 4 is 30.0 Å². The van der Waals surface area contributed by atoms with E-state index in [4.69, 9.17) is 14.6 Å². The van der Waals surface area contributed by atoms with Crippen LogP contribution in [-0.2, 0) is 32.3 Å². The van der Waals surface area contributed by atoms with Crippen LogP contribution in [0, 0.1) is 5.92 Å². The lowest BCUT2D eigenvalue weighted by Gasteiger charge is -2.33. The summed E-state index contributed by atoms with van der Waals surface area (Å²) in [7, 11) is 0. The minimum absolute atomic E-state index is 0.0196. The third-order valence-electron chi connectivity index (χ3n) is 5.11. The minimum Gasteiger partial charge on any atom is -0.480 e. The Labute approximate surface area is 201 Å². The van der Waals surface area contributed by atoms with Crippen LogP contribution in [0.15, 0.2) is 65.7 Å². The summed E-state index contributed by atoms with van der Waals surface area (Å²) < 4.78 is 10.3. The molecule has 11 heteroatoms. The van der Waals surface area contributed by atoms with Crippen molar-refractivity contribution in [3.63, 3.8) is 0 Å². The molecule has 2 aromatic carbocycles. The number of alkyl carbamates (subject to hydrolysis) is 2. The molecule has 1 unspecified atom stereocenters. The normalized spacial score (nSPS) is 16.2. The number of guanidine groups is 1. The van der Waals surface area contributed by atoms with E-state index in [-0.39, 0.29) is 38.0 Å². The number of aliphatic imine (C=N–C) groups is 1. The van der Waals surface area contributed by atoms with E-state index in [1.165, 1.54) is 0 Å². The molecule has 0 aliphatic carbocycles. The average Bonchev–Trinajstić information content (AvgIpc) is 2.85. The number of amides is 3. The second kappa shape index (κ2) is 12.7. The van der Waals surface area contributed by atoms with Gasteiger partial charge in [-0.2, -0.15) is 0 Å². The molecule has 3 amide bonds. The van der Waals surface area contributed by atoms with Crippen LogP contribution in [0.2, 0.25) is 0 Å². The third-order valence-corrected chi connectivity index (χ3v) is 5.11. The van der Waals surface area contributed by atoms with Crippen LogP contribution in [0.3, 0.4) is 0 Å². The Morgan fingerprint density at radius 1 is 0.886 bits per heavy atom. The first-order valence-corrected chi connectivity index (χ1v) is 11.0. The molecular weight excluding hydrogens is 456 g/mol. The summed E-state index contributed by atoms with van der Waals surface area (Å²) in [5, 5.41) is 16.1. The van der Waals surface area contributed by atoms with Gasteiger partial charge in [-0.3, -0.25) is 20.4 Å². The molecule has 1 aliphatic rings. The van der Waals surface area contributed by atoms with E-state index in [2.05, 4.69) is 20.9 Å². The van der Waals surface area contributed by atoms with Gasteiger partial charge in [-0.05, 0) is 24.0 Å². The number of nitrogens with one attached hydrogen (secondary N) is 3. The van der Waals surface area contributed by atoms with E-state index in [0.717, 1.165) is 11.1 Å². The Balaban J connectivity index is 1.53. The summed E-state index contributed by atoms with van der Waals surface area (Å²) in [4.78, 5) is 51.3. The molecule has 35 heavy (non-hydrogen) atoms. The zero-order valence-electron chi connectivity index (χ0n) is 18.8. The first-order chi connectivity index (χ1) is 16.9. The predicted molar refractivity (Wildman–Crippen MR) is 124 cm³/mol. The zero-order valence-corrected chi connectivity index (χ0v) is 18.8. The van der Waals surface area contributed by atoms with Crippen molar-refractivity contribution in [2.75, 3.05) is 6.54 Å². The maximum Gasteiger partial charge on any atom is 0.414 e. The molecule has 0 radical (unpaired) electrons. The first kappa shape index (κ1) is 25.2. The highest BCUT2D eigenvalue weighted by Gasteiger charge is 2.43. The van der Waals surface area contributed by atoms with Crippen molar-refractivity contribution in [3.8, 4) is 0 Å². The number of carboxylic acids is 1. The average molecular weight is 482 g/mol. The van der Waals surface area contributed by atoms with E-state index >= 15 is 0 Å². The Morgan fingerprint density at radius 3 is 1.86 bits per heavy atom. The molecule has 1 heterocycles. The van der Waals surface area contributed by atoms with Crippen LogP contribution in [0.25, 0.3) is 0 Å². The van der Waals surface area contributed by atoms with Crippen LogP contribution in [0.1, 0.15) is 24.0 Å². The van der Waals surface area contributed by atoms with Gasteiger partial charge in [0.2, 0.25) is 11.9 Å². The van der Waals surface area contributed by atoms with Crippen LogP contribution in [-0.4, -0.2) is 47.7 Å².